The first-order chi connectivity index (χ1) is 10.0. The third-order valence-electron chi connectivity index (χ3n) is 5.50. The van der Waals surface area contributed by atoms with Gasteiger partial charge in [0.1, 0.15) is 0 Å². The van der Waals surface area contributed by atoms with Crippen LogP contribution in [-0.4, -0.2) is 29.6 Å². The molecule has 1 saturated carbocycles. The molecule has 1 aromatic rings. The molecule has 0 spiro atoms. The van der Waals surface area contributed by atoms with Crippen molar-refractivity contribution in [1.29, 1.82) is 0 Å². The van der Waals surface area contributed by atoms with Crippen molar-refractivity contribution >= 4 is 0 Å². The van der Waals surface area contributed by atoms with Gasteiger partial charge in [0.2, 0.25) is 0 Å². The summed E-state index contributed by atoms with van der Waals surface area (Å²) >= 11 is 0. The molecule has 1 atom stereocenters. The predicted octanol–water partition coefficient (Wildman–Crippen LogP) is 3.83. The third-order valence-corrected chi connectivity index (χ3v) is 5.50. The minimum Gasteiger partial charge on any atom is -0.326 e. The number of benzene rings is 1. The van der Waals surface area contributed by atoms with Crippen LogP contribution in [0.5, 0.6) is 0 Å². The number of aryl methyl sites for hydroxylation is 2. The minimum atomic E-state index is 0.222. The molecule has 118 valence electrons. The molecule has 2 rings (SSSR count). The summed E-state index contributed by atoms with van der Waals surface area (Å²) in [5, 5.41) is 0. The lowest BCUT2D eigenvalue weighted by Gasteiger charge is -2.45. The molecule has 1 unspecified atom stereocenters. The predicted molar refractivity (Wildman–Crippen MR) is 91.7 cm³/mol. The van der Waals surface area contributed by atoms with Gasteiger partial charge in [-0.25, -0.2) is 0 Å². The van der Waals surface area contributed by atoms with Gasteiger partial charge < -0.3 is 5.73 Å². The maximum absolute atomic E-state index is 6.78. The summed E-state index contributed by atoms with van der Waals surface area (Å²) in [5.41, 5.74) is 11.1. The van der Waals surface area contributed by atoms with E-state index in [2.05, 4.69) is 50.8 Å². The largest absolute Gasteiger partial charge is 0.326 e. The molecule has 0 radical (unpaired) electrons. The Morgan fingerprint density at radius 1 is 1.14 bits per heavy atom. The Labute approximate surface area is 130 Å². The van der Waals surface area contributed by atoms with Gasteiger partial charge in [0.25, 0.3) is 0 Å². The van der Waals surface area contributed by atoms with Gasteiger partial charge in [0.15, 0.2) is 0 Å². The summed E-state index contributed by atoms with van der Waals surface area (Å²) in [4.78, 5) is 2.62. The molecular weight excluding hydrogens is 256 g/mol. The summed E-state index contributed by atoms with van der Waals surface area (Å²) in [6, 6.07) is 6.98. The first-order valence-electron chi connectivity index (χ1n) is 8.60. The summed E-state index contributed by atoms with van der Waals surface area (Å²) < 4.78 is 0. The van der Waals surface area contributed by atoms with Crippen LogP contribution in [0.1, 0.15) is 56.2 Å². The lowest BCUT2D eigenvalue weighted by Crippen LogP contribution is -2.59. The molecule has 0 bridgehead atoms. The van der Waals surface area contributed by atoms with Crippen LogP contribution in [0.4, 0.5) is 0 Å². The van der Waals surface area contributed by atoms with Crippen LogP contribution in [0, 0.1) is 13.8 Å². The molecule has 1 aromatic carbocycles. The fourth-order valence-corrected chi connectivity index (χ4v) is 4.21. The van der Waals surface area contributed by atoms with Crippen molar-refractivity contribution in [3.8, 4) is 0 Å². The fraction of sp³-hybridized carbons (Fsp3) is 0.684. The Kier molecular flexibility index (Phi) is 5.45. The maximum atomic E-state index is 6.78. The number of likely N-dealkylation sites (N-methyl/N-ethyl adjacent to an activating group) is 1. The van der Waals surface area contributed by atoms with E-state index in [0.29, 0.717) is 0 Å². The number of nitrogens with two attached hydrogens (primary N) is 1. The second kappa shape index (κ2) is 6.93. The number of hydrogen-bond acceptors (Lipinski definition) is 2. The van der Waals surface area contributed by atoms with E-state index < -0.39 is 0 Å². The van der Waals surface area contributed by atoms with Gasteiger partial charge in [-0.1, -0.05) is 50.5 Å². The summed E-state index contributed by atoms with van der Waals surface area (Å²) in [6.45, 7) is 11.1. The molecule has 0 heterocycles. The van der Waals surface area contributed by atoms with Gasteiger partial charge in [-0.15, -0.1) is 0 Å². The number of rotatable bonds is 6. The molecular formula is C19H32N2. The summed E-state index contributed by atoms with van der Waals surface area (Å²) in [5.74, 6) is 0. The van der Waals surface area contributed by atoms with Crippen molar-refractivity contribution in [3.05, 3.63) is 34.9 Å². The van der Waals surface area contributed by atoms with E-state index in [1.165, 1.54) is 42.4 Å². The Hall–Kier alpha value is -0.860. The van der Waals surface area contributed by atoms with Crippen molar-refractivity contribution in [2.24, 2.45) is 5.73 Å². The average Bonchev–Trinajstić information content (AvgIpc) is 2.95. The standard InChI is InChI=1S/C19H32N2/c1-5-21(6-2)19(11-7-8-12-19)18(20)14-17-13-15(3)9-10-16(17)4/h9-10,13,18H,5-8,11-12,14,20H2,1-4H3. The van der Waals surface area contributed by atoms with Crippen LogP contribution in [0.15, 0.2) is 18.2 Å². The van der Waals surface area contributed by atoms with Crippen molar-refractivity contribution in [3.63, 3.8) is 0 Å². The van der Waals surface area contributed by atoms with Crippen molar-refractivity contribution in [1.82, 2.24) is 4.90 Å². The smallest absolute Gasteiger partial charge is 0.0363 e. The van der Waals surface area contributed by atoms with Crippen LogP contribution in [0.2, 0.25) is 0 Å². The fourth-order valence-electron chi connectivity index (χ4n) is 4.21. The molecule has 0 aliphatic heterocycles. The van der Waals surface area contributed by atoms with E-state index in [9.17, 15) is 0 Å². The van der Waals surface area contributed by atoms with E-state index in [-0.39, 0.29) is 11.6 Å². The van der Waals surface area contributed by atoms with Gasteiger partial charge in [0, 0.05) is 11.6 Å². The second-order valence-electron chi connectivity index (χ2n) is 6.72. The zero-order valence-electron chi connectivity index (χ0n) is 14.3. The van der Waals surface area contributed by atoms with Crippen LogP contribution < -0.4 is 5.73 Å². The molecule has 0 aromatic heterocycles. The number of nitrogens with zero attached hydrogens (tertiary/aromatic N) is 1. The van der Waals surface area contributed by atoms with E-state index in [1.54, 1.807) is 0 Å². The Morgan fingerprint density at radius 3 is 2.33 bits per heavy atom. The molecule has 0 amide bonds. The van der Waals surface area contributed by atoms with Crippen LogP contribution in [0.3, 0.4) is 0 Å². The highest BCUT2D eigenvalue weighted by Gasteiger charge is 2.43. The van der Waals surface area contributed by atoms with Crippen LogP contribution in [-0.2, 0) is 6.42 Å². The highest BCUT2D eigenvalue weighted by Crippen LogP contribution is 2.38. The molecule has 1 aliphatic carbocycles. The van der Waals surface area contributed by atoms with E-state index >= 15 is 0 Å². The minimum absolute atomic E-state index is 0.222. The zero-order chi connectivity index (χ0) is 15.5. The number of hydrogen-bond donors (Lipinski definition) is 1. The molecule has 1 aliphatic rings. The average molecular weight is 288 g/mol. The van der Waals surface area contributed by atoms with Gasteiger partial charge in [-0.05, 0) is 57.3 Å². The Morgan fingerprint density at radius 2 is 1.76 bits per heavy atom. The molecule has 21 heavy (non-hydrogen) atoms. The quantitative estimate of drug-likeness (QED) is 0.862. The SMILES string of the molecule is CCN(CC)C1(C(N)Cc2cc(C)ccc2C)CCCC1. The van der Waals surface area contributed by atoms with Gasteiger partial charge >= 0.3 is 0 Å². The van der Waals surface area contributed by atoms with Gasteiger partial charge in [0.05, 0.1) is 0 Å². The van der Waals surface area contributed by atoms with Crippen LogP contribution in [0.25, 0.3) is 0 Å². The Bertz CT molecular complexity index is 457. The third kappa shape index (κ3) is 3.32. The second-order valence-corrected chi connectivity index (χ2v) is 6.72. The van der Waals surface area contributed by atoms with E-state index in [0.717, 1.165) is 19.5 Å². The van der Waals surface area contributed by atoms with Crippen molar-refractivity contribution in [2.45, 2.75) is 71.4 Å². The zero-order valence-corrected chi connectivity index (χ0v) is 14.3. The first kappa shape index (κ1) is 16.5. The molecule has 2 nitrogen and oxygen atoms in total. The van der Waals surface area contributed by atoms with Gasteiger partial charge in [-0.3, -0.25) is 4.90 Å². The lowest BCUT2D eigenvalue weighted by molar-refractivity contribution is 0.0771. The maximum Gasteiger partial charge on any atom is 0.0363 e. The van der Waals surface area contributed by atoms with Crippen LogP contribution >= 0.6 is 0 Å². The Balaban J connectivity index is 2.23. The van der Waals surface area contributed by atoms with E-state index in [1.807, 2.05) is 0 Å². The topological polar surface area (TPSA) is 29.3 Å². The highest BCUT2D eigenvalue weighted by atomic mass is 15.2. The molecule has 0 saturated heterocycles. The summed E-state index contributed by atoms with van der Waals surface area (Å²) in [7, 11) is 0. The lowest BCUT2D eigenvalue weighted by atomic mass is 9.82. The monoisotopic (exact) mass is 288 g/mol. The van der Waals surface area contributed by atoms with Gasteiger partial charge in [-0.2, -0.15) is 0 Å². The summed E-state index contributed by atoms with van der Waals surface area (Å²) in [6.07, 6.45) is 6.19. The molecule has 1 fully saturated rings. The normalized spacial score (nSPS) is 19.1. The molecule has 2 heteroatoms. The van der Waals surface area contributed by atoms with Crippen molar-refractivity contribution in [2.75, 3.05) is 13.1 Å². The molecule has 2 N–H and O–H groups in total. The van der Waals surface area contributed by atoms with E-state index in [4.69, 9.17) is 5.73 Å². The van der Waals surface area contributed by atoms with Crippen molar-refractivity contribution < 1.29 is 0 Å². The first-order valence-corrected chi connectivity index (χ1v) is 8.60. The highest BCUT2D eigenvalue weighted by molar-refractivity contribution is 5.31.